The Labute approximate surface area is 144 Å². The maximum absolute atomic E-state index is 10.9. The lowest BCUT2D eigenvalue weighted by Gasteiger charge is -2.20. The van der Waals surface area contributed by atoms with Gasteiger partial charge in [0.15, 0.2) is 0 Å². The molecular weight excluding hydrogens is 286 g/mol. The Morgan fingerprint density at radius 2 is 1.09 bits per heavy atom. The molecule has 0 bridgehead atoms. The van der Waals surface area contributed by atoms with Gasteiger partial charge in [-0.15, -0.1) is 0 Å². The van der Waals surface area contributed by atoms with Crippen LogP contribution in [0.5, 0.6) is 0 Å². The van der Waals surface area contributed by atoms with Gasteiger partial charge >= 0.3 is 5.97 Å². The Kier molecular flexibility index (Phi) is 14.6. The Bertz CT molecular complexity index is 277. The number of unbranched alkanes of at least 4 members (excludes halogenated alkanes) is 13. The fourth-order valence-corrected chi connectivity index (χ4v) is 2.80. The van der Waals surface area contributed by atoms with E-state index < -0.39 is 11.5 Å². The van der Waals surface area contributed by atoms with Crippen molar-refractivity contribution in [1.29, 1.82) is 0 Å². The van der Waals surface area contributed by atoms with Crippen molar-refractivity contribution in [3.63, 3.8) is 0 Å². The van der Waals surface area contributed by atoms with E-state index in [2.05, 4.69) is 12.2 Å². The van der Waals surface area contributed by atoms with Crippen LogP contribution >= 0.6 is 0 Å². The zero-order chi connectivity index (χ0) is 17.4. The molecule has 0 aromatic carbocycles. The number of hydrogen-bond donors (Lipinski definition) is 2. The van der Waals surface area contributed by atoms with Crippen molar-refractivity contribution in [3.8, 4) is 0 Å². The van der Waals surface area contributed by atoms with Crippen molar-refractivity contribution < 1.29 is 9.90 Å². The molecule has 0 atom stereocenters. The quantitative estimate of drug-likeness (QED) is 0.326. The third-order valence-corrected chi connectivity index (χ3v) is 4.63. The third kappa shape index (κ3) is 14.7. The molecule has 3 nitrogen and oxygen atoms in total. The van der Waals surface area contributed by atoms with Gasteiger partial charge in [-0.3, -0.25) is 4.79 Å². The number of aliphatic carboxylic acids is 1. The molecule has 0 rings (SSSR count). The van der Waals surface area contributed by atoms with Gasteiger partial charge in [0.05, 0.1) is 0 Å². The minimum Gasteiger partial charge on any atom is -0.480 e. The summed E-state index contributed by atoms with van der Waals surface area (Å²) in [5.74, 6) is -0.775. The Morgan fingerprint density at radius 3 is 1.43 bits per heavy atom. The molecule has 0 amide bonds. The van der Waals surface area contributed by atoms with E-state index >= 15 is 0 Å². The van der Waals surface area contributed by atoms with Crippen LogP contribution in [0.15, 0.2) is 0 Å². The highest BCUT2D eigenvalue weighted by molar-refractivity contribution is 5.77. The summed E-state index contributed by atoms with van der Waals surface area (Å²) < 4.78 is 0. The molecule has 0 saturated carbocycles. The van der Waals surface area contributed by atoms with Gasteiger partial charge in [-0.2, -0.15) is 0 Å². The highest BCUT2D eigenvalue weighted by Gasteiger charge is 2.25. The van der Waals surface area contributed by atoms with E-state index in [-0.39, 0.29) is 0 Å². The fraction of sp³-hybridized carbons (Fsp3) is 0.950. The molecule has 0 radical (unpaired) electrons. The third-order valence-electron chi connectivity index (χ3n) is 4.63. The van der Waals surface area contributed by atoms with Crippen molar-refractivity contribution in [2.45, 2.75) is 116 Å². The first-order valence-corrected chi connectivity index (χ1v) is 9.99. The summed E-state index contributed by atoms with van der Waals surface area (Å²) in [7, 11) is 0. The van der Waals surface area contributed by atoms with Gasteiger partial charge in [-0.05, 0) is 26.8 Å². The summed E-state index contributed by atoms with van der Waals surface area (Å²) in [5, 5.41) is 12.1. The second-order valence-electron chi connectivity index (χ2n) is 7.45. The number of nitrogens with one attached hydrogen (secondary N) is 1. The number of carbonyl (C=O) groups is 1. The zero-order valence-electron chi connectivity index (χ0n) is 16.0. The summed E-state index contributed by atoms with van der Waals surface area (Å²) in [6.07, 6.45) is 18.9. The highest BCUT2D eigenvalue weighted by atomic mass is 16.4. The lowest BCUT2D eigenvalue weighted by molar-refractivity contribution is -0.143. The van der Waals surface area contributed by atoms with Crippen LogP contribution in [0, 0.1) is 0 Å². The first-order chi connectivity index (χ1) is 11.0. The number of rotatable bonds is 17. The van der Waals surface area contributed by atoms with Crippen molar-refractivity contribution in [2.75, 3.05) is 6.54 Å². The molecule has 0 aliphatic heterocycles. The summed E-state index contributed by atoms with van der Waals surface area (Å²) in [6.45, 7) is 6.52. The van der Waals surface area contributed by atoms with Gasteiger partial charge in [0.25, 0.3) is 0 Å². The molecule has 23 heavy (non-hydrogen) atoms. The van der Waals surface area contributed by atoms with Gasteiger partial charge in [0, 0.05) is 0 Å². The molecule has 0 heterocycles. The van der Waals surface area contributed by atoms with Crippen LogP contribution in [0.3, 0.4) is 0 Å². The molecule has 2 N–H and O–H groups in total. The van der Waals surface area contributed by atoms with Crippen LogP contribution in [0.4, 0.5) is 0 Å². The van der Waals surface area contributed by atoms with Crippen molar-refractivity contribution in [1.82, 2.24) is 5.32 Å². The average molecular weight is 328 g/mol. The monoisotopic (exact) mass is 327 g/mol. The smallest absolute Gasteiger partial charge is 0.323 e. The molecule has 0 fully saturated rings. The topological polar surface area (TPSA) is 49.3 Å². The predicted octanol–water partition coefficient (Wildman–Crippen LogP) is 5.92. The first kappa shape index (κ1) is 22.4. The second-order valence-corrected chi connectivity index (χ2v) is 7.45. The molecule has 0 aliphatic carbocycles. The Balaban J connectivity index is 3.15. The predicted molar refractivity (Wildman–Crippen MR) is 100 cm³/mol. The van der Waals surface area contributed by atoms with E-state index in [4.69, 9.17) is 5.11 Å². The Morgan fingerprint density at radius 1 is 0.739 bits per heavy atom. The van der Waals surface area contributed by atoms with Crippen molar-refractivity contribution in [2.24, 2.45) is 0 Å². The van der Waals surface area contributed by atoms with Gasteiger partial charge in [-0.1, -0.05) is 90.4 Å². The van der Waals surface area contributed by atoms with Crippen LogP contribution in [0.1, 0.15) is 111 Å². The minimum atomic E-state index is -0.795. The van der Waals surface area contributed by atoms with Crippen LogP contribution in [0.2, 0.25) is 0 Å². The van der Waals surface area contributed by atoms with E-state index in [0.29, 0.717) is 0 Å². The van der Waals surface area contributed by atoms with E-state index in [1.54, 1.807) is 13.8 Å². The van der Waals surface area contributed by atoms with Gasteiger partial charge in [-0.25, -0.2) is 0 Å². The normalized spacial score (nSPS) is 11.8. The van der Waals surface area contributed by atoms with Gasteiger partial charge in [0.1, 0.15) is 5.54 Å². The van der Waals surface area contributed by atoms with Crippen LogP contribution in [-0.4, -0.2) is 23.2 Å². The second kappa shape index (κ2) is 15.0. The van der Waals surface area contributed by atoms with E-state index in [1.165, 1.54) is 83.5 Å². The van der Waals surface area contributed by atoms with Gasteiger partial charge in [0.2, 0.25) is 0 Å². The molecule has 138 valence electrons. The fourth-order valence-electron chi connectivity index (χ4n) is 2.80. The number of hydrogen-bond acceptors (Lipinski definition) is 2. The summed E-state index contributed by atoms with van der Waals surface area (Å²) in [4.78, 5) is 10.9. The average Bonchev–Trinajstić information content (AvgIpc) is 2.51. The largest absolute Gasteiger partial charge is 0.480 e. The zero-order valence-corrected chi connectivity index (χ0v) is 16.0. The molecule has 0 aliphatic rings. The molecule has 0 saturated heterocycles. The van der Waals surface area contributed by atoms with Crippen molar-refractivity contribution in [3.05, 3.63) is 0 Å². The molecule has 0 aromatic rings. The maximum Gasteiger partial charge on any atom is 0.323 e. The standard InChI is InChI=1S/C20H41NO2/c1-4-5-6-7-8-9-10-11-12-13-14-15-16-17-18-21-20(2,3)19(22)23/h21H,4-18H2,1-3H3,(H,22,23). The molecule has 3 heteroatoms. The van der Waals surface area contributed by atoms with Crippen molar-refractivity contribution >= 4 is 5.97 Å². The number of carboxylic acids is 1. The lowest BCUT2D eigenvalue weighted by atomic mass is 10.0. The Hall–Kier alpha value is -0.570. The number of carboxylic acid groups (broad SMARTS) is 1. The molecule has 0 aromatic heterocycles. The lowest BCUT2D eigenvalue weighted by Crippen LogP contribution is -2.46. The maximum atomic E-state index is 10.9. The summed E-state index contributed by atoms with van der Waals surface area (Å²) in [6, 6.07) is 0. The first-order valence-electron chi connectivity index (χ1n) is 9.99. The van der Waals surface area contributed by atoms with Crippen LogP contribution < -0.4 is 5.32 Å². The van der Waals surface area contributed by atoms with E-state index in [0.717, 1.165) is 13.0 Å². The van der Waals surface area contributed by atoms with Gasteiger partial charge < -0.3 is 10.4 Å². The van der Waals surface area contributed by atoms with E-state index in [1.807, 2.05) is 0 Å². The summed E-state index contributed by atoms with van der Waals surface area (Å²) >= 11 is 0. The highest BCUT2D eigenvalue weighted by Crippen LogP contribution is 2.13. The SMILES string of the molecule is CCCCCCCCCCCCCCCCNC(C)(C)C(=O)O. The summed E-state index contributed by atoms with van der Waals surface area (Å²) in [5.41, 5.74) is -0.795. The van der Waals surface area contributed by atoms with E-state index in [9.17, 15) is 4.79 Å². The van der Waals surface area contributed by atoms with Crippen LogP contribution in [-0.2, 0) is 4.79 Å². The molecule has 0 spiro atoms. The minimum absolute atomic E-state index is 0.775. The molecular formula is C20H41NO2. The molecule has 0 unspecified atom stereocenters. The van der Waals surface area contributed by atoms with Crippen LogP contribution in [0.25, 0.3) is 0 Å².